The van der Waals surface area contributed by atoms with E-state index in [0.29, 0.717) is 6.04 Å². The van der Waals surface area contributed by atoms with E-state index in [0.717, 1.165) is 36.4 Å². The van der Waals surface area contributed by atoms with Crippen molar-refractivity contribution in [2.75, 3.05) is 37.4 Å². The maximum Gasteiger partial charge on any atom is 0.0890 e. The van der Waals surface area contributed by atoms with Gasteiger partial charge in [0.2, 0.25) is 0 Å². The SMILES string of the molecule is CN(C)C1CCN(c2ccncc2NCc2ccc3nccnc3c2)CC1. The fourth-order valence-corrected chi connectivity index (χ4v) is 3.74. The zero-order valence-electron chi connectivity index (χ0n) is 16.0. The molecule has 3 aromatic rings. The molecule has 6 heteroatoms. The summed E-state index contributed by atoms with van der Waals surface area (Å²) >= 11 is 0. The zero-order valence-corrected chi connectivity index (χ0v) is 16.0. The molecule has 1 aromatic carbocycles. The lowest BCUT2D eigenvalue weighted by Crippen LogP contribution is -2.42. The number of nitrogens with one attached hydrogen (secondary N) is 1. The van der Waals surface area contributed by atoms with Crippen LogP contribution in [0.4, 0.5) is 11.4 Å². The number of nitrogens with zero attached hydrogens (tertiary/aromatic N) is 5. The Morgan fingerprint density at radius 1 is 1.04 bits per heavy atom. The molecule has 1 aliphatic heterocycles. The Bertz CT molecular complexity index is 902. The van der Waals surface area contributed by atoms with Gasteiger partial charge in [-0.25, -0.2) is 0 Å². The molecule has 4 rings (SSSR count). The number of hydrogen-bond donors (Lipinski definition) is 1. The third-order valence-corrected chi connectivity index (χ3v) is 5.35. The van der Waals surface area contributed by atoms with Gasteiger partial charge in [-0.2, -0.15) is 0 Å². The minimum absolute atomic E-state index is 0.679. The van der Waals surface area contributed by atoms with E-state index in [-0.39, 0.29) is 0 Å². The molecule has 0 unspecified atom stereocenters. The first-order valence-electron chi connectivity index (χ1n) is 9.49. The molecule has 1 N–H and O–H groups in total. The summed E-state index contributed by atoms with van der Waals surface area (Å²) in [4.78, 5) is 17.9. The highest BCUT2D eigenvalue weighted by molar-refractivity contribution is 5.75. The molecular weight excluding hydrogens is 336 g/mol. The smallest absolute Gasteiger partial charge is 0.0890 e. The van der Waals surface area contributed by atoms with Gasteiger partial charge in [-0.15, -0.1) is 0 Å². The number of fused-ring (bicyclic) bond motifs is 1. The molecule has 0 bridgehead atoms. The van der Waals surface area contributed by atoms with Gasteiger partial charge in [-0.3, -0.25) is 15.0 Å². The molecule has 27 heavy (non-hydrogen) atoms. The van der Waals surface area contributed by atoms with Crippen LogP contribution in [-0.2, 0) is 6.54 Å². The van der Waals surface area contributed by atoms with Gasteiger partial charge in [0.15, 0.2) is 0 Å². The second-order valence-corrected chi connectivity index (χ2v) is 7.31. The number of piperidine rings is 1. The minimum Gasteiger partial charge on any atom is -0.378 e. The van der Waals surface area contributed by atoms with Crippen LogP contribution in [0.5, 0.6) is 0 Å². The number of aromatic nitrogens is 3. The van der Waals surface area contributed by atoms with Crippen molar-refractivity contribution in [3.8, 4) is 0 Å². The lowest BCUT2D eigenvalue weighted by atomic mass is 10.0. The quantitative estimate of drug-likeness (QED) is 0.752. The topological polar surface area (TPSA) is 57.2 Å². The van der Waals surface area contributed by atoms with E-state index in [9.17, 15) is 0 Å². The molecule has 1 saturated heterocycles. The van der Waals surface area contributed by atoms with E-state index in [1.54, 1.807) is 12.4 Å². The van der Waals surface area contributed by atoms with Crippen LogP contribution in [0.3, 0.4) is 0 Å². The third kappa shape index (κ3) is 4.01. The highest BCUT2D eigenvalue weighted by Crippen LogP contribution is 2.28. The second-order valence-electron chi connectivity index (χ2n) is 7.31. The Labute approximate surface area is 160 Å². The lowest BCUT2D eigenvalue weighted by Gasteiger charge is -2.37. The molecule has 0 saturated carbocycles. The van der Waals surface area contributed by atoms with E-state index < -0.39 is 0 Å². The first-order chi connectivity index (χ1) is 13.2. The molecule has 0 aliphatic carbocycles. The summed E-state index contributed by atoms with van der Waals surface area (Å²) in [6.45, 7) is 2.89. The van der Waals surface area contributed by atoms with Crippen molar-refractivity contribution >= 4 is 22.4 Å². The standard InChI is InChI=1S/C21H26N6/c1-26(2)17-6-11-27(12-7-17)21-5-8-22-15-20(21)25-14-16-3-4-18-19(13-16)24-10-9-23-18/h3-5,8-10,13,15,17,25H,6-7,11-12,14H2,1-2H3. The normalized spacial score (nSPS) is 15.4. The molecule has 6 nitrogen and oxygen atoms in total. The van der Waals surface area contributed by atoms with Crippen molar-refractivity contribution in [3.63, 3.8) is 0 Å². The number of benzene rings is 1. The summed E-state index contributed by atoms with van der Waals surface area (Å²) in [7, 11) is 4.35. The Morgan fingerprint density at radius 2 is 1.81 bits per heavy atom. The third-order valence-electron chi connectivity index (χ3n) is 5.35. The van der Waals surface area contributed by atoms with Crippen molar-refractivity contribution in [1.82, 2.24) is 19.9 Å². The summed E-state index contributed by atoms with van der Waals surface area (Å²) < 4.78 is 0. The molecule has 0 radical (unpaired) electrons. The summed E-state index contributed by atoms with van der Waals surface area (Å²) in [5.41, 5.74) is 5.35. The molecule has 1 fully saturated rings. The average Bonchev–Trinajstić information content (AvgIpc) is 2.72. The first kappa shape index (κ1) is 17.7. The maximum absolute atomic E-state index is 4.39. The Balaban J connectivity index is 1.46. The molecule has 0 amide bonds. The summed E-state index contributed by atoms with van der Waals surface area (Å²) in [5, 5.41) is 3.56. The van der Waals surface area contributed by atoms with Crippen LogP contribution < -0.4 is 10.2 Å². The van der Waals surface area contributed by atoms with Gasteiger partial charge in [0, 0.05) is 44.3 Å². The Morgan fingerprint density at radius 3 is 2.59 bits per heavy atom. The van der Waals surface area contributed by atoms with Crippen LogP contribution in [0.15, 0.2) is 49.1 Å². The highest BCUT2D eigenvalue weighted by atomic mass is 15.2. The summed E-state index contributed by atoms with van der Waals surface area (Å²) in [6, 6.07) is 9.01. The minimum atomic E-state index is 0.679. The van der Waals surface area contributed by atoms with Gasteiger partial charge < -0.3 is 15.1 Å². The monoisotopic (exact) mass is 362 g/mol. The van der Waals surface area contributed by atoms with Crippen LogP contribution in [0.2, 0.25) is 0 Å². The molecule has 140 valence electrons. The van der Waals surface area contributed by atoms with Crippen LogP contribution >= 0.6 is 0 Å². The van der Waals surface area contributed by atoms with Crippen molar-refractivity contribution in [2.45, 2.75) is 25.4 Å². The van der Waals surface area contributed by atoms with Gasteiger partial charge in [-0.05, 0) is 50.7 Å². The zero-order chi connectivity index (χ0) is 18.6. The van der Waals surface area contributed by atoms with E-state index in [1.807, 2.05) is 18.5 Å². The van der Waals surface area contributed by atoms with E-state index in [2.05, 4.69) is 62.4 Å². The fourth-order valence-electron chi connectivity index (χ4n) is 3.74. The van der Waals surface area contributed by atoms with Gasteiger partial charge in [0.1, 0.15) is 0 Å². The highest BCUT2D eigenvalue weighted by Gasteiger charge is 2.22. The van der Waals surface area contributed by atoms with E-state index in [1.165, 1.54) is 24.1 Å². The fraction of sp³-hybridized carbons (Fsp3) is 0.381. The van der Waals surface area contributed by atoms with Crippen molar-refractivity contribution < 1.29 is 0 Å². The van der Waals surface area contributed by atoms with Crippen molar-refractivity contribution in [1.29, 1.82) is 0 Å². The van der Waals surface area contributed by atoms with Gasteiger partial charge >= 0.3 is 0 Å². The Kier molecular flexibility index (Phi) is 5.16. The second kappa shape index (κ2) is 7.88. The molecular formula is C21H26N6. The average molecular weight is 362 g/mol. The number of anilines is 2. The van der Waals surface area contributed by atoms with Crippen LogP contribution in [-0.4, -0.2) is 53.1 Å². The molecule has 0 atom stereocenters. The van der Waals surface area contributed by atoms with Gasteiger partial charge in [0.05, 0.1) is 28.6 Å². The van der Waals surface area contributed by atoms with Crippen molar-refractivity contribution in [2.24, 2.45) is 0 Å². The van der Waals surface area contributed by atoms with Gasteiger partial charge in [-0.1, -0.05) is 6.07 Å². The number of hydrogen-bond acceptors (Lipinski definition) is 6. The summed E-state index contributed by atoms with van der Waals surface area (Å²) in [5.74, 6) is 0. The molecule has 0 spiro atoms. The molecule has 2 aromatic heterocycles. The molecule has 3 heterocycles. The van der Waals surface area contributed by atoms with Crippen molar-refractivity contribution in [3.05, 3.63) is 54.6 Å². The lowest BCUT2D eigenvalue weighted by molar-refractivity contribution is 0.250. The number of pyridine rings is 1. The maximum atomic E-state index is 4.39. The van der Waals surface area contributed by atoms with Crippen LogP contribution in [0, 0.1) is 0 Å². The van der Waals surface area contributed by atoms with Crippen LogP contribution in [0.25, 0.3) is 11.0 Å². The number of rotatable bonds is 5. The first-order valence-corrected chi connectivity index (χ1v) is 9.49. The summed E-state index contributed by atoms with van der Waals surface area (Å²) in [6.07, 6.45) is 9.65. The predicted octanol–water partition coefficient (Wildman–Crippen LogP) is 3.17. The van der Waals surface area contributed by atoms with E-state index in [4.69, 9.17) is 0 Å². The van der Waals surface area contributed by atoms with E-state index >= 15 is 0 Å². The van der Waals surface area contributed by atoms with Gasteiger partial charge in [0.25, 0.3) is 0 Å². The predicted molar refractivity (Wildman–Crippen MR) is 110 cm³/mol. The Hall–Kier alpha value is -2.73. The molecule has 1 aliphatic rings. The largest absolute Gasteiger partial charge is 0.378 e. The van der Waals surface area contributed by atoms with Crippen LogP contribution in [0.1, 0.15) is 18.4 Å².